The number of hydrogen-bond donors (Lipinski definition) is 1. The molecule has 0 radical (unpaired) electrons. The summed E-state index contributed by atoms with van der Waals surface area (Å²) >= 11 is 0. The van der Waals surface area contributed by atoms with Crippen LogP contribution in [0.5, 0.6) is 5.88 Å². The Morgan fingerprint density at radius 3 is 3.12 bits per heavy atom. The number of aliphatic imine (C=N–C) groups is 1. The monoisotopic (exact) mass is 362 g/mol. The summed E-state index contributed by atoms with van der Waals surface area (Å²) in [5, 5.41) is 3.43. The fourth-order valence-corrected chi connectivity index (χ4v) is 3.57. The minimum atomic E-state index is 0.318. The number of aromatic nitrogens is 1. The van der Waals surface area contributed by atoms with Gasteiger partial charge >= 0.3 is 0 Å². The van der Waals surface area contributed by atoms with Crippen molar-refractivity contribution in [3.05, 3.63) is 23.9 Å². The maximum absolute atomic E-state index is 5.72. The van der Waals surface area contributed by atoms with Crippen molar-refractivity contribution < 1.29 is 14.2 Å². The third kappa shape index (κ3) is 4.65. The van der Waals surface area contributed by atoms with E-state index in [-0.39, 0.29) is 0 Å². The zero-order valence-corrected chi connectivity index (χ0v) is 15.9. The van der Waals surface area contributed by atoms with E-state index < -0.39 is 0 Å². The SMILES string of the molecule is CCNC(=NCc1cccnc1OCCOC)N1CCC2(CCOC2)C1. The second-order valence-corrected chi connectivity index (χ2v) is 6.95. The second-order valence-electron chi connectivity index (χ2n) is 6.95. The van der Waals surface area contributed by atoms with Crippen LogP contribution in [-0.4, -0.2) is 69.0 Å². The van der Waals surface area contributed by atoms with Crippen LogP contribution in [0.1, 0.15) is 25.3 Å². The molecule has 3 heterocycles. The van der Waals surface area contributed by atoms with Crippen molar-refractivity contribution >= 4 is 5.96 Å². The maximum Gasteiger partial charge on any atom is 0.218 e. The van der Waals surface area contributed by atoms with Crippen molar-refractivity contribution in [2.45, 2.75) is 26.3 Å². The summed E-state index contributed by atoms with van der Waals surface area (Å²) in [6.45, 7) is 8.33. The minimum absolute atomic E-state index is 0.318. The average Bonchev–Trinajstić information content (AvgIpc) is 3.30. The van der Waals surface area contributed by atoms with Gasteiger partial charge in [0, 0.05) is 50.5 Å². The molecule has 26 heavy (non-hydrogen) atoms. The van der Waals surface area contributed by atoms with Gasteiger partial charge < -0.3 is 24.4 Å². The number of nitrogens with zero attached hydrogens (tertiary/aromatic N) is 3. The molecule has 144 valence electrons. The molecule has 1 spiro atoms. The van der Waals surface area contributed by atoms with Gasteiger partial charge in [-0.15, -0.1) is 0 Å². The first-order chi connectivity index (χ1) is 12.8. The smallest absolute Gasteiger partial charge is 0.218 e. The van der Waals surface area contributed by atoms with Crippen molar-refractivity contribution in [2.75, 3.05) is 53.2 Å². The number of methoxy groups -OCH3 is 1. The van der Waals surface area contributed by atoms with Crippen molar-refractivity contribution in [1.29, 1.82) is 0 Å². The van der Waals surface area contributed by atoms with Gasteiger partial charge in [-0.3, -0.25) is 0 Å². The molecule has 2 saturated heterocycles. The molecule has 1 aromatic heterocycles. The third-order valence-corrected chi connectivity index (χ3v) is 5.03. The average molecular weight is 362 g/mol. The molecule has 0 aromatic carbocycles. The van der Waals surface area contributed by atoms with Crippen LogP contribution in [0.15, 0.2) is 23.3 Å². The first-order valence-corrected chi connectivity index (χ1v) is 9.43. The summed E-state index contributed by atoms with van der Waals surface area (Å²) < 4.78 is 16.4. The fourth-order valence-electron chi connectivity index (χ4n) is 3.57. The van der Waals surface area contributed by atoms with Crippen LogP contribution in [0.25, 0.3) is 0 Å². The number of pyridine rings is 1. The van der Waals surface area contributed by atoms with Gasteiger partial charge in [0.15, 0.2) is 5.96 Å². The largest absolute Gasteiger partial charge is 0.475 e. The molecule has 7 nitrogen and oxygen atoms in total. The van der Waals surface area contributed by atoms with E-state index in [1.807, 2.05) is 12.1 Å². The lowest BCUT2D eigenvalue weighted by Crippen LogP contribution is -2.41. The molecular formula is C19H30N4O3. The topological polar surface area (TPSA) is 68.2 Å². The summed E-state index contributed by atoms with van der Waals surface area (Å²) in [6, 6.07) is 3.93. The molecule has 3 rings (SSSR count). The van der Waals surface area contributed by atoms with E-state index in [2.05, 4.69) is 22.1 Å². The molecule has 2 fully saturated rings. The van der Waals surface area contributed by atoms with Gasteiger partial charge in [0.1, 0.15) is 6.61 Å². The predicted octanol–water partition coefficient (Wildman–Crippen LogP) is 1.68. The Kier molecular flexibility index (Phi) is 6.68. The van der Waals surface area contributed by atoms with Crippen molar-refractivity contribution in [1.82, 2.24) is 15.2 Å². The molecule has 2 aliphatic heterocycles. The molecule has 1 atom stereocenters. The molecule has 0 aliphatic carbocycles. The number of guanidine groups is 1. The Balaban J connectivity index is 1.66. The van der Waals surface area contributed by atoms with Crippen LogP contribution in [0.2, 0.25) is 0 Å². The van der Waals surface area contributed by atoms with E-state index in [1.165, 1.54) is 6.42 Å². The molecule has 0 amide bonds. The van der Waals surface area contributed by atoms with E-state index in [4.69, 9.17) is 19.2 Å². The number of rotatable bonds is 7. The van der Waals surface area contributed by atoms with Crippen molar-refractivity contribution in [3.8, 4) is 5.88 Å². The summed E-state index contributed by atoms with van der Waals surface area (Å²) in [7, 11) is 1.66. The summed E-state index contributed by atoms with van der Waals surface area (Å²) in [5.41, 5.74) is 1.30. The highest BCUT2D eigenvalue weighted by molar-refractivity contribution is 5.80. The van der Waals surface area contributed by atoms with Gasteiger partial charge in [-0.2, -0.15) is 0 Å². The number of hydrogen-bond acceptors (Lipinski definition) is 5. The molecule has 1 unspecified atom stereocenters. The van der Waals surface area contributed by atoms with Crippen LogP contribution in [0.4, 0.5) is 0 Å². The Labute approximate surface area is 155 Å². The second kappa shape index (κ2) is 9.19. The van der Waals surface area contributed by atoms with Gasteiger partial charge in [-0.1, -0.05) is 6.07 Å². The summed E-state index contributed by atoms with van der Waals surface area (Å²) in [4.78, 5) is 11.5. The van der Waals surface area contributed by atoms with E-state index >= 15 is 0 Å². The molecule has 0 bridgehead atoms. The summed E-state index contributed by atoms with van der Waals surface area (Å²) in [6.07, 6.45) is 4.07. The Hall–Kier alpha value is -1.86. The normalized spacial score (nSPS) is 23.0. The van der Waals surface area contributed by atoms with Gasteiger partial charge in [0.2, 0.25) is 5.88 Å². The van der Waals surface area contributed by atoms with Crippen LogP contribution in [-0.2, 0) is 16.0 Å². The molecule has 1 aromatic rings. The standard InChI is InChI=1S/C19H30N4O3/c1-3-20-18(23-9-6-19(14-23)7-10-25-15-19)22-13-16-5-4-8-21-17(16)26-12-11-24-2/h4-5,8H,3,6-7,9-15H2,1-2H3,(H,20,22). The van der Waals surface area contributed by atoms with Crippen molar-refractivity contribution in [2.24, 2.45) is 10.4 Å². The Morgan fingerprint density at radius 2 is 2.35 bits per heavy atom. The number of ether oxygens (including phenoxy) is 3. The first kappa shape index (κ1) is 18.9. The lowest BCUT2D eigenvalue weighted by atomic mass is 9.87. The highest BCUT2D eigenvalue weighted by Gasteiger charge is 2.42. The van der Waals surface area contributed by atoms with Crippen LogP contribution in [0, 0.1) is 5.41 Å². The first-order valence-electron chi connectivity index (χ1n) is 9.43. The maximum atomic E-state index is 5.72. The lowest BCUT2D eigenvalue weighted by molar-refractivity contribution is 0.143. The molecule has 0 saturated carbocycles. The minimum Gasteiger partial charge on any atom is -0.475 e. The quantitative estimate of drug-likeness (QED) is 0.452. The zero-order valence-electron chi connectivity index (χ0n) is 15.9. The molecular weight excluding hydrogens is 332 g/mol. The molecule has 7 heteroatoms. The van der Waals surface area contributed by atoms with Gasteiger partial charge in [0.05, 0.1) is 19.8 Å². The van der Waals surface area contributed by atoms with Crippen molar-refractivity contribution in [3.63, 3.8) is 0 Å². The highest BCUT2D eigenvalue weighted by Crippen LogP contribution is 2.38. The van der Waals surface area contributed by atoms with Crippen LogP contribution in [0.3, 0.4) is 0 Å². The Bertz CT molecular complexity index is 602. The van der Waals surface area contributed by atoms with E-state index in [0.717, 1.165) is 50.8 Å². The van der Waals surface area contributed by atoms with Crippen LogP contribution < -0.4 is 10.1 Å². The van der Waals surface area contributed by atoms with E-state index in [9.17, 15) is 0 Å². The van der Waals surface area contributed by atoms with E-state index in [0.29, 0.717) is 31.1 Å². The molecule has 2 aliphatic rings. The number of likely N-dealkylation sites (tertiary alicyclic amines) is 1. The fraction of sp³-hybridized carbons (Fsp3) is 0.684. The predicted molar refractivity (Wildman–Crippen MR) is 100 cm³/mol. The highest BCUT2D eigenvalue weighted by atomic mass is 16.5. The van der Waals surface area contributed by atoms with Crippen LogP contribution >= 0.6 is 0 Å². The Morgan fingerprint density at radius 1 is 1.42 bits per heavy atom. The van der Waals surface area contributed by atoms with Gasteiger partial charge in [0.25, 0.3) is 0 Å². The lowest BCUT2D eigenvalue weighted by Gasteiger charge is -2.25. The third-order valence-electron chi connectivity index (χ3n) is 5.03. The number of nitrogens with one attached hydrogen (secondary N) is 1. The van der Waals surface area contributed by atoms with Gasteiger partial charge in [-0.25, -0.2) is 9.98 Å². The van der Waals surface area contributed by atoms with Gasteiger partial charge in [-0.05, 0) is 25.8 Å². The van der Waals surface area contributed by atoms with E-state index in [1.54, 1.807) is 13.3 Å². The zero-order chi connectivity index (χ0) is 18.2. The molecule has 1 N–H and O–H groups in total. The summed E-state index contributed by atoms with van der Waals surface area (Å²) in [5.74, 6) is 1.59.